The van der Waals surface area contributed by atoms with E-state index in [1.807, 2.05) is 12.1 Å². The summed E-state index contributed by atoms with van der Waals surface area (Å²) < 4.78 is 11.9. The molecule has 0 N–H and O–H groups in total. The fourth-order valence-corrected chi connectivity index (χ4v) is 5.10. The minimum Gasteiger partial charge on any atom is -0.254 e. The van der Waals surface area contributed by atoms with Gasteiger partial charge in [-0.2, -0.15) is 0 Å². The Balaban J connectivity index is 2.58. The Bertz CT molecular complexity index is 343. The lowest BCUT2D eigenvalue weighted by atomic mass is 10.4. The molecule has 1 atom stereocenters. The van der Waals surface area contributed by atoms with Crippen LogP contribution in [0.1, 0.15) is 0 Å². The van der Waals surface area contributed by atoms with E-state index in [2.05, 4.69) is 19.6 Å². The Labute approximate surface area is 100 Å². The van der Waals surface area contributed by atoms with Gasteiger partial charge in [0.1, 0.15) is 0 Å². The van der Waals surface area contributed by atoms with E-state index in [9.17, 15) is 4.21 Å². The number of benzene rings is 1. The molecule has 1 nitrogen and oxygen atoms in total. The summed E-state index contributed by atoms with van der Waals surface area (Å²) in [5.41, 5.74) is 0. The number of rotatable bonds is 4. The third-order valence-electron chi connectivity index (χ3n) is 2.11. The van der Waals surface area contributed by atoms with E-state index in [0.717, 1.165) is 16.7 Å². The Morgan fingerprint density at radius 2 is 1.73 bits per heavy atom. The van der Waals surface area contributed by atoms with Crippen LogP contribution < -0.4 is 0 Å². The predicted octanol–water partition coefficient (Wildman–Crippen LogP) is 3.79. The molecule has 0 radical (unpaired) electrons. The summed E-state index contributed by atoms with van der Waals surface area (Å²) in [5.74, 6) is 0.775. The molecule has 0 heterocycles. The van der Waals surface area contributed by atoms with Crippen molar-refractivity contribution in [1.82, 2.24) is 0 Å². The van der Waals surface area contributed by atoms with Crippen LogP contribution in [0, 0.1) is 0 Å². The van der Waals surface area contributed by atoms with Crippen molar-refractivity contribution < 1.29 is 4.21 Å². The van der Waals surface area contributed by atoms with Gasteiger partial charge < -0.3 is 0 Å². The zero-order valence-corrected chi connectivity index (χ0v) is 12.0. The number of hydrogen-bond donors (Lipinski definition) is 0. The second-order valence-electron chi connectivity index (χ2n) is 4.81. The first-order valence-electron chi connectivity index (χ1n) is 5.02. The van der Waals surface area contributed by atoms with Crippen LogP contribution in [0.2, 0.25) is 30.7 Å². The van der Waals surface area contributed by atoms with Gasteiger partial charge in [-0.25, -0.2) is 0 Å². The van der Waals surface area contributed by atoms with E-state index >= 15 is 0 Å². The zero-order valence-electron chi connectivity index (χ0n) is 9.42. The lowest BCUT2D eigenvalue weighted by Crippen LogP contribution is -2.22. The summed E-state index contributed by atoms with van der Waals surface area (Å²) in [7, 11) is -1.94. The molecule has 0 saturated carbocycles. The first kappa shape index (κ1) is 12.9. The van der Waals surface area contributed by atoms with Gasteiger partial charge in [-0.15, -0.1) is 0 Å². The van der Waals surface area contributed by atoms with Crippen molar-refractivity contribution in [2.75, 3.05) is 5.75 Å². The summed E-state index contributed by atoms with van der Waals surface area (Å²) in [6.45, 7) is 6.89. The molecule has 1 aromatic rings. The van der Waals surface area contributed by atoms with Crippen molar-refractivity contribution in [3.05, 3.63) is 29.3 Å². The van der Waals surface area contributed by atoms with Crippen LogP contribution in [0.4, 0.5) is 0 Å². The molecule has 0 fully saturated rings. The third-order valence-corrected chi connectivity index (χ3v) is 5.85. The van der Waals surface area contributed by atoms with Crippen LogP contribution in [0.15, 0.2) is 29.2 Å². The molecule has 84 valence electrons. The molecule has 0 amide bonds. The van der Waals surface area contributed by atoms with Crippen molar-refractivity contribution in [2.24, 2.45) is 0 Å². The smallest absolute Gasteiger partial charge is 0.0526 e. The average molecular weight is 261 g/mol. The molecule has 1 aromatic carbocycles. The second-order valence-corrected chi connectivity index (χ2v) is 12.4. The largest absolute Gasteiger partial charge is 0.254 e. The minimum absolute atomic E-state index is 0.695. The fourth-order valence-electron chi connectivity index (χ4n) is 1.10. The molecule has 0 aliphatic rings. The maximum absolute atomic E-state index is 11.9. The molecule has 15 heavy (non-hydrogen) atoms. The summed E-state index contributed by atoms with van der Waals surface area (Å²) >= 11 is 5.77. The highest BCUT2D eigenvalue weighted by Crippen LogP contribution is 2.16. The topological polar surface area (TPSA) is 17.1 Å². The Morgan fingerprint density at radius 1 is 1.20 bits per heavy atom. The first-order valence-corrected chi connectivity index (χ1v) is 10.4. The van der Waals surface area contributed by atoms with Gasteiger partial charge in [-0.05, 0) is 30.3 Å². The standard InChI is InChI=1S/C11H17ClOSSi/c1-15(2,3)9-8-14(13)11-6-4-10(12)5-7-11/h4-7H,8-9H2,1-3H3/t14-/m1/s1. The molecule has 0 unspecified atom stereocenters. The zero-order chi connectivity index (χ0) is 11.5. The van der Waals surface area contributed by atoms with Crippen molar-refractivity contribution in [2.45, 2.75) is 30.6 Å². The maximum Gasteiger partial charge on any atom is 0.0526 e. The van der Waals surface area contributed by atoms with Gasteiger partial charge in [0.2, 0.25) is 0 Å². The van der Waals surface area contributed by atoms with Crippen molar-refractivity contribution in [3.8, 4) is 0 Å². The Kier molecular flexibility index (Phi) is 4.56. The van der Waals surface area contributed by atoms with Gasteiger partial charge >= 0.3 is 0 Å². The van der Waals surface area contributed by atoms with Gasteiger partial charge in [-0.3, -0.25) is 4.21 Å². The SMILES string of the molecule is C[Si](C)(C)CC[S@@](=O)c1ccc(Cl)cc1. The average Bonchev–Trinajstić information content (AvgIpc) is 2.14. The highest BCUT2D eigenvalue weighted by Gasteiger charge is 2.15. The molecule has 0 aromatic heterocycles. The van der Waals surface area contributed by atoms with Gasteiger partial charge in [0.25, 0.3) is 0 Å². The molecular weight excluding hydrogens is 244 g/mol. The van der Waals surface area contributed by atoms with Crippen LogP contribution in [0.5, 0.6) is 0 Å². The Morgan fingerprint density at radius 3 is 2.20 bits per heavy atom. The van der Waals surface area contributed by atoms with E-state index < -0.39 is 18.9 Å². The fraction of sp³-hybridized carbons (Fsp3) is 0.455. The molecule has 4 heteroatoms. The van der Waals surface area contributed by atoms with E-state index in [4.69, 9.17) is 11.6 Å². The van der Waals surface area contributed by atoms with Crippen LogP contribution >= 0.6 is 11.6 Å². The van der Waals surface area contributed by atoms with Crippen LogP contribution in [0.3, 0.4) is 0 Å². The number of hydrogen-bond acceptors (Lipinski definition) is 1. The quantitative estimate of drug-likeness (QED) is 0.753. The first-order chi connectivity index (χ1) is 6.88. The van der Waals surface area contributed by atoms with Crippen molar-refractivity contribution in [1.29, 1.82) is 0 Å². The van der Waals surface area contributed by atoms with Crippen molar-refractivity contribution in [3.63, 3.8) is 0 Å². The van der Waals surface area contributed by atoms with Gasteiger partial charge in [0.05, 0.1) is 10.8 Å². The lowest BCUT2D eigenvalue weighted by Gasteiger charge is -2.14. The normalized spacial score (nSPS) is 13.9. The monoisotopic (exact) mass is 260 g/mol. The van der Waals surface area contributed by atoms with Gasteiger partial charge in [0.15, 0.2) is 0 Å². The van der Waals surface area contributed by atoms with E-state index in [0.29, 0.717) is 5.02 Å². The second kappa shape index (κ2) is 5.28. The third kappa shape index (κ3) is 4.95. The lowest BCUT2D eigenvalue weighted by molar-refractivity contribution is 0.683. The maximum atomic E-state index is 11.9. The summed E-state index contributed by atoms with van der Waals surface area (Å²) in [4.78, 5) is 0.887. The number of halogens is 1. The van der Waals surface area contributed by atoms with Crippen LogP contribution in [-0.2, 0) is 10.8 Å². The summed E-state index contributed by atoms with van der Waals surface area (Å²) in [6.07, 6.45) is 0. The predicted molar refractivity (Wildman–Crippen MR) is 70.9 cm³/mol. The van der Waals surface area contributed by atoms with E-state index in [1.165, 1.54) is 0 Å². The van der Waals surface area contributed by atoms with Crippen molar-refractivity contribution >= 4 is 30.5 Å². The van der Waals surface area contributed by atoms with E-state index in [1.54, 1.807) is 12.1 Å². The molecule has 1 rings (SSSR count). The van der Waals surface area contributed by atoms with Gasteiger partial charge in [0, 0.05) is 23.7 Å². The molecular formula is C11H17ClOSSi. The highest BCUT2D eigenvalue weighted by molar-refractivity contribution is 7.85. The minimum atomic E-state index is -1.08. The molecule has 0 saturated heterocycles. The van der Waals surface area contributed by atoms with E-state index in [-0.39, 0.29) is 0 Å². The summed E-state index contributed by atoms with van der Waals surface area (Å²) in [6, 6.07) is 8.39. The molecule has 0 bridgehead atoms. The molecule has 0 spiro atoms. The van der Waals surface area contributed by atoms with Gasteiger partial charge in [-0.1, -0.05) is 31.2 Å². The van der Waals surface area contributed by atoms with Crippen LogP contribution in [-0.4, -0.2) is 18.0 Å². The molecule has 0 aliphatic carbocycles. The summed E-state index contributed by atoms with van der Waals surface area (Å²) in [5, 5.41) is 0.695. The Hall–Kier alpha value is -0.123. The highest BCUT2D eigenvalue weighted by atomic mass is 35.5. The molecule has 0 aliphatic heterocycles. The van der Waals surface area contributed by atoms with Crippen LogP contribution in [0.25, 0.3) is 0 Å².